The molecule has 0 fully saturated rings. The number of nitrogens with one attached hydrogen (secondary N) is 1. The molecule has 0 aliphatic carbocycles. The summed E-state index contributed by atoms with van der Waals surface area (Å²) in [4.78, 5) is 25.4. The molecular weight excluding hydrogens is 382 g/mol. The van der Waals surface area contributed by atoms with Gasteiger partial charge in [0.25, 0.3) is 5.91 Å². The second kappa shape index (κ2) is 9.13. The molecule has 0 saturated heterocycles. The van der Waals surface area contributed by atoms with Gasteiger partial charge in [0.2, 0.25) is 5.82 Å². The van der Waals surface area contributed by atoms with Crippen molar-refractivity contribution >= 4 is 24.5 Å². The Morgan fingerprint density at radius 3 is 2.71 bits per heavy atom. The highest BCUT2D eigenvalue weighted by atomic mass is 32.1. The van der Waals surface area contributed by atoms with Crippen molar-refractivity contribution in [2.45, 2.75) is 19.6 Å². The first-order valence-corrected chi connectivity index (χ1v) is 9.19. The minimum Gasteiger partial charge on any atom is -0.464 e. The summed E-state index contributed by atoms with van der Waals surface area (Å²) in [5, 5.41) is 19.0. The number of thiol groups is 1. The van der Waals surface area contributed by atoms with Crippen LogP contribution in [0.15, 0.2) is 42.6 Å². The molecule has 0 bridgehead atoms. The molecule has 2 aromatic heterocycles. The Bertz CT molecular complexity index is 941. The lowest BCUT2D eigenvalue weighted by Gasteiger charge is -2.14. The first-order valence-electron chi connectivity index (χ1n) is 8.55. The number of rotatable bonds is 8. The van der Waals surface area contributed by atoms with E-state index in [1.807, 2.05) is 30.3 Å². The normalized spacial score (nSPS) is 11.8. The van der Waals surface area contributed by atoms with E-state index < -0.39 is 17.9 Å². The van der Waals surface area contributed by atoms with Crippen molar-refractivity contribution in [3.63, 3.8) is 0 Å². The zero-order valence-electron chi connectivity index (χ0n) is 15.1. The van der Waals surface area contributed by atoms with Gasteiger partial charge in [-0.3, -0.25) is 4.79 Å². The summed E-state index contributed by atoms with van der Waals surface area (Å²) in [6, 6.07) is 10.2. The lowest BCUT2D eigenvalue weighted by atomic mass is 10.2. The highest BCUT2D eigenvalue weighted by Crippen LogP contribution is 2.11. The number of nitrogens with zero attached hydrogens (tertiary/aromatic N) is 6. The Labute approximate surface area is 166 Å². The maximum absolute atomic E-state index is 12.3. The minimum atomic E-state index is -0.841. The molecule has 0 radical (unpaired) electrons. The van der Waals surface area contributed by atoms with Gasteiger partial charge in [0, 0.05) is 17.5 Å². The van der Waals surface area contributed by atoms with E-state index in [2.05, 4.69) is 38.5 Å². The zero-order valence-corrected chi connectivity index (χ0v) is 16.0. The molecule has 3 rings (SSSR count). The van der Waals surface area contributed by atoms with Crippen molar-refractivity contribution in [2.24, 2.45) is 0 Å². The molecule has 1 aromatic carbocycles. The molecule has 0 aliphatic heterocycles. The maximum Gasteiger partial charge on any atom is 0.329 e. The van der Waals surface area contributed by atoms with Crippen LogP contribution < -0.4 is 5.32 Å². The van der Waals surface area contributed by atoms with Crippen molar-refractivity contribution in [2.75, 3.05) is 12.4 Å². The van der Waals surface area contributed by atoms with E-state index >= 15 is 0 Å². The number of aromatic nitrogens is 6. The number of carbonyl (C=O) groups excluding carboxylic acids is 2. The standard InChI is InChI=1S/C17H19N7O3S/c1-2-27-17(26)14(10-28)18-16(25)13-8-9-23(20-13)11-24-21-15(19-22-24)12-6-4-3-5-7-12/h3-9,14,28H,2,10-11H2,1H3,(H,18,25)/t14-/m0/s1. The Balaban J connectivity index is 1.63. The van der Waals surface area contributed by atoms with E-state index in [-0.39, 0.29) is 24.7 Å². The molecule has 1 N–H and O–H groups in total. The number of esters is 1. The second-order valence-electron chi connectivity index (χ2n) is 5.69. The van der Waals surface area contributed by atoms with Gasteiger partial charge in [0.15, 0.2) is 6.67 Å². The quantitative estimate of drug-likeness (QED) is 0.420. The van der Waals surface area contributed by atoms with Crippen LogP contribution in [0.1, 0.15) is 17.4 Å². The molecule has 3 aromatic rings. The van der Waals surface area contributed by atoms with Crippen LogP contribution >= 0.6 is 12.6 Å². The molecule has 1 atom stereocenters. The van der Waals surface area contributed by atoms with Crippen molar-refractivity contribution in [3.8, 4) is 11.4 Å². The van der Waals surface area contributed by atoms with E-state index in [4.69, 9.17) is 4.74 Å². The summed E-state index contributed by atoms with van der Waals surface area (Å²) < 4.78 is 6.39. The summed E-state index contributed by atoms with van der Waals surface area (Å²) in [6.07, 6.45) is 1.61. The van der Waals surface area contributed by atoms with E-state index in [9.17, 15) is 9.59 Å². The van der Waals surface area contributed by atoms with Gasteiger partial charge in [-0.05, 0) is 18.2 Å². The van der Waals surface area contributed by atoms with E-state index in [0.717, 1.165) is 5.56 Å². The van der Waals surface area contributed by atoms with E-state index in [1.54, 1.807) is 13.1 Å². The fourth-order valence-electron chi connectivity index (χ4n) is 2.35. The summed E-state index contributed by atoms with van der Waals surface area (Å²) >= 11 is 4.07. The highest BCUT2D eigenvalue weighted by molar-refractivity contribution is 7.80. The molecule has 10 nitrogen and oxygen atoms in total. The third kappa shape index (κ3) is 4.74. The SMILES string of the molecule is CCOC(=O)[C@H](CS)NC(=O)c1ccn(Cn2nnc(-c3ccccc3)n2)n1. The van der Waals surface area contributed by atoms with E-state index in [1.165, 1.54) is 15.5 Å². The topological polar surface area (TPSA) is 117 Å². The lowest BCUT2D eigenvalue weighted by molar-refractivity contribution is -0.144. The number of hydrogen-bond donors (Lipinski definition) is 2. The molecule has 2 heterocycles. The summed E-state index contributed by atoms with van der Waals surface area (Å²) in [6.45, 7) is 2.10. The number of ether oxygens (including phenoxy) is 1. The van der Waals surface area contributed by atoms with Crippen LogP contribution in [0.4, 0.5) is 0 Å². The summed E-state index contributed by atoms with van der Waals surface area (Å²) in [5.41, 5.74) is 1.01. The summed E-state index contributed by atoms with van der Waals surface area (Å²) in [7, 11) is 0. The van der Waals surface area contributed by atoms with Gasteiger partial charge >= 0.3 is 5.97 Å². The molecule has 0 unspecified atom stereocenters. The average molecular weight is 401 g/mol. The van der Waals surface area contributed by atoms with Crippen molar-refractivity contribution in [3.05, 3.63) is 48.3 Å². The molecule has 1 amide bonds. The first-order chi connectivity index (χ1) is 13.6. The maximum atomic E-state index is 12.3. The van der Waals surface area contributed by atoms with Crippen molar-refractivity contribution < 1.29 is 14.3 Å². The van der Waals surface area contributed by atoms with Gasteiger partial charge in [-0.2, -0.15) is 17.7 Å². The molecule has 146 valence electrons. The first kappa shape index (κ1) is 19.5. The fraction of sp³-hybridized carbons (Fsp3) is 0.294. The van der Waals surface area contributed by atoms with Crippen LogP contribution in [0.2, 0.25) is 0 Å². The zero-order chi connectivity index (χ0) is 19.9. The number of carbonyl (C=O) groups is 2. The summed E-state index contributed by atoms with van der Waals surface area (Å²) in [5.74, 6) is -0.416. The van der Waals surface area contributed by atoms with Gasteiger partial charge in [-0.25, -0.2) is 9.48 Å². The fourth-order valence-corrected chi connectivity index (χ4v) is 2.59. The van der Waals surface area contributed by atoms with Gasteiger partial charge in [-0.15, -0.1) is 15.0 Å². The predicted molar refractivity (Wildman–Crippen MR) is 103 cm³/mol. The minimum absolute atomic E-state index is 0.121. The highest BCUT2D eigenvalue weighted by Gasteiger charge is 2.22. The molecule has 0 spiro atoms. The third-order valence-corrected chi connectivity index (χ3v) is 4.05. The molecule has 28 heavy (non-hydrogen) atoms. The van der Waals surface area contributed by atoms with Crippen LogP contribution in [0.25, 0.3) is 11.4 Å². The smallest absolute Gasteiger partial charge is 0.329 e. The van der Waals surface area contributed by atoms with Crippen molar-refractivity contribution in [1.82, 2.24) is 35.3 Å². The van der Waals surface area contributed by atoms with Gasteiger partial charge in [-0.1, -0.05) is 30.3 Å². The van der Waals surface area contributed by atoms with Crippen LogP contribution in [-0.4, -0.2) is 60.3 Å². The Kier molecular flexibility index (Phi) is 6.37. The van der Waals surface area contributed by atoms with Gasteiger partial charge in [0.05, 0.1) is 6.61 Å². The average Bonchev–Trinajstić information content (AvgIpc) is 3.37. The molecule has 0 aliphatic rings. The number of hydrogen-bond acceptors (Lipinski definition) is 8. The van der Waals surface area contributed by atoms with Gasteiger partial charge < -0.3 is 10.1 Å². The molecular formula is C17H19N7O3S. The van der Waals surface area contributed by atoms with E-state index in [0.29, 0.717) is 5.82 Å². The number of amides is 1. The van der Waals surface area contributed by atoms with Crippen LogP contribution in [0, 0.1) is 0 Å². The van der Waals surface area contributed by atoms with Crippen LogP contribution in [0.3, 0.4) is 0 Å². The number of benzene rings is 1. The lowest BCUT2D eigenvalue weighted by Crippen LogP contribution is -2.43. The van der Waals surface area contributed by atoms with Crippen molar-refractivity contribution in [1.29, 1.82) is 0 Å². The third-order valence-electron chi connectivity index (χ3n) is 3.69. The Hall–Kier alpha value is -3.21. The molecule has 11 heteroatoms. The number of tetrazole rings is 1. The predicted octanol–water partition coefficient (Wildman–Crippen LogP) is 0.634. The largest absolute Gasteiger partial charge is 0.464 e. The molecule has 0 saturated carbocycles. The van der Waals surface area contributed by atoms with Crippen LogP contribution in [0.5, 0.6) is 0 Å². The second-order valence-corrected chi connectivity index (χ2v) is 6.06. The van der Waals surface area contributed by atoms with Crippen LogP contribution in [-0.2, 0) is 16.2 Å². The Morgan fingerprint density at radius 2 is 2.00 bits per heavy atom. The van der Waals surface area contributed by atoms with Gasteiger partial charge in [0.1, 0.15) is 11.7 Å². The Morgan fingerprint density at radius 1 is 1.21 bits per heavy atom. The monoisotopic (exact) mass is 401 g/mol.